The molecule has 0 saturated heterocycles. The molecule has 6 heteroatoms. The molecular formula is C16H18N4OS. The third-order valence-electron chi connectivity index (χ3n) is 4.32. The molecule has 1 saturated carbocycles. The fraction of sp³-hybridized carbons (Fsp3) is 0.438. The first-order chi connectivity index (χ1) is 10.9. The Morgan fingerprint density at radius 3 is 2.82 bits per heavy atom. The van der Waals surface area contributed by atoms with Crippen molar-refractivity contribution in [3.05, 3.63) is 35.1 Å². The van der Waals surface area contributed by atoms with Crippen LogP contribution in [0.2, 0.25) is 0 Å². The molecule has 0 amide bonds. The lowest BCUT2D eigenvalue weighted by Gasteiger charge is -2.18. The molecule has 22 heavy (non-hydrogen) atoms. The standard InChI is InChI=1S/C16H18N4OS/c21-10-13-14(12-8-4-5-9-17-12)18-16-20(13)19-15(22-16)11-6-2-1-3-7-11/h4-5,8-9,11,21H,1-3,6-7,10H2. The summed E-state index contributed by atoms with van der Waals surface area (Å²) in [7, 11) is 0. The molecule has 0 aromatic carbocycles. The molecule has 0 atom stereocenters. The molecule has 0 radical (unpaired) electrons. The van der Waals surface area contributed by atoms with Crippen LogP contribution in [0.15, 0.2) is 24.4 Å². The number of aromatic nitrogens is 4. The SMILES string of the molecule is OCc1c(-c2ccccn2)nc2sc(C3CCCCC3)nn12. The van der Waals surface area contributed by atoms with Crippen LogP contribution in [0.3, 0.4) is 0 Å². The van der Waals surface area contributed by atoms with Gasteiger partial charge in [0, 0.05) is 12.1 Å². The molecule has 4 rings (SSSR count). The van der Waals surface area contributed by atoms with Crippen molar-refractivity contribution in [2.45, 2.75) is 44.6 Å². The van der Waals surface area contributed by atoms with Gasteiger partial charge in [-0.3, -0.25) is 4.98 Å². The number of imidazole rings is 1. The van der Waals surface area contributed by atoms with Crippen LogP contribution in [0.1, 0.15) is 48.7 Å². The highest BCUT2D eigenvalue weighted by Crippen LogP contribution is 2.36. The van der Waals surface area contributed by atoms with E-state index >= 15 is 0 Å². The highest BCUT2D eigenvalue weighted by Gasteiger charge is 2.23. The predicted molar refractivity (Wildman–Crippen MR) is 85.8 cm³/mol. The number of rotatable bonds is 3. The first kappa shape index (κ1) is 13.8. The molecule has 3 aromatic rings. The quantitative estimate of drug-likeness (QED) is 0.805. The third kappa shape index (κ3) is 2.32. The molecule has 1 N–H and O–H groups in total. The predicted octanol–water partition coefficient (Wildman–Crippen LogP) is 3.39. The maximum atomic E-state index is 9.76. The minimum Gasteiger partial charge on any atom is -0.390 e. The lowest BCUT2D eigenvalue weighted by atomic mass is 9.90. The van der Waals surface area contributed by atoms with Gasteiger partial charge < -0.3 is 5.11 Å². The first-order valence-corrected chi connectivity index (χ1v) is 8.59. The van der Waals surface area contributed by atoms with E-state index in [0.717, 1.165) is 27.1 Å². The lowest BCUT2D eigenvalue weighted by Crippen LogP contribution is -2.05. The summed E-state index contributed by atoms with van der Waals surface area (Å²) in [4.78, 5) is 9.85. The summed E-state index contributed by atoms with van der Waals surface area (Å²) >= 11 is 1.65. The maximum absolute atomic E-state index is 9.76. The second kappa shape index (κ2) is 5.78. The Labute approximate surface area is 132 Å². The van der Waals surface area contributed by atoms with Gasteiger partial charge in [-0.05, 0) is 25.0 Å². The van der Waals surface area contributed by atoms with Crippen LogP contribution in [-0.4, -0.2) is 24.7 Å². The second-order valence-electron chi connectivity index (χ2n) is 5.75. The summed E-state index contributed by atoms with van der Waals surface area (Å²) in [5.74, 6) is 0.560. The molecule has 1 aliphatic rings. The van der Waals surface area contributed by atoms with Crippen LogP contribution in [0.5, 0.6) is 0 Å². The van der Waals surface area contributed by atoms with Gasteiger partial charge in [0.2, 0.25) is 4.96 Å². The van der Waals surface area contributed by atoms with Crippen molar-refractivity contribution in [3.63, 3.8) is 0 Å². The van der Waals surface area contributed by atoms with Gasteiger partial charge in [0.25, 0.3) is 0 Å². The van der Waals surface area contributed by atoms with Crippen molar-refractivity contribution >= 4 is 16.3 Å². The number of fused-ring (bicyclic) bond motifs is 1. The van der Waals surface area contributed by atoms with Crippen LogP contribution in [0.4, 0.5) is 0 Å². The normalized spacial score (nSPS) is 16.4. The Hall–Kier alpha value is -1.79. The topological polar surface area (TPSA) is 63.3 Å². The van der Waals surface area contributed by atoms with Crippen molar-refractivity contribution in [3.8, 4) is 11.4 Å². The zero-order valence-electron chi connectivity index (χ0n) is 12.3. The average molecular weight is 314 g/mol. The van der Waals surface area contributed by atoms with E-state index in [2.05, 4.69) is 9.97 Å². The van der Waals surface area contributed by atoms with Crippen molar-refractivity contribution < 1.29 is 5.11 Å². The van der Waals surface area contributed by atoms with Gasteiger partial charge in [-0.15, -0.1) is 0 Å². The highest BCUT2D eigenvalue weighted by molar-refractivity contribution is 7.16. The highest BCUT2D eigenvalue weighted by atomic mass is 32.1. The Kier molecular flexibility index (Phi) is 3.63. The van der Waals surface area contributed by atoms with Crippen LogP contribution in [0, 0.1) is 0 Å². The summed E-state index contributed by atoms with van der Waals surface area (Å²) < 4.78 is 1.80. The minimum atomic E-state index is -0.0824. The number of hydrogen-bond donors (Lipinski definition) is 1. The largest absolute Gasteiger partial charge is 0.390 e. The summed E-state index contributed by atoms with van der Waals surface area (Å²) in [5, 5.41) is 15.7. The van der Waals surface area contributed by atoms with E-state index in [0.29, 0.717) is 5.92 Å². The Balaban J connectivity index is 1.77. The summed E-state index contributed by atoms with van der Waals surface area (Å²) in [6.45, 7) is -0.0824. The number of hydrogen-bond acceptors (Lipinski definition) is 5. The van der Waals surface area contributed by atoms with Gasteiger partial charge in [0.05, 0.1) is 18.0 Å². The molecule has 3 aromatic heterocycles. The fourth-order valence-electron chi connectivity index (χ4n) is 3.17. The molecule has 0 unspecified atom stereocenters. The number of nitrogens with zero attached hydrogens (tertiary/aromatic N) is 4. The van der Waals surface area contributed by atoms with Crippen LogP contribution < -0.4 is 0 Å². The Bertz CT molecular complexity index is 774. The summed E-state index contributed by atoms with van der Waals surface area (Å²) in [5.41, 5.74) is 2.24. The molecule has 5 nitrogen and oxygen atoms in total. The van der Waals surface area contributed by atoms with Crippen molar-refractivity contribution in [2.75, 3.05) is 0 Å². The van der Waals surface area contributed by atoms with Gasteiger partial charge in [0.1, 0.15) is 10.7 Å². The van der Waals surface area contributed by atoms with E-state index in [9.17, 15) is 5.11 Å². The zero-order valence-corrected chi connectivity index (χ0v) is 13.1. The van der Waals surface area contributed by atoms with E-state index in [1.165, 1.54) is 32.1 Å². The van der Waals surface area contributed by atoms with Crippen LogP contribution in [-0.2, 0) is 6.61 Å². The maximum Gasteiger partial charge on any atom is 0.213 e. The van der Waals surface area contributed by atoms with Gasteiger partial charge >= 0.3 is 0 Å². The van der Waals surface area contributed by atoms with Crippen molar-refractivity contribution in [1.29, 1.82) is 0 Å². The van der Waals surface area contributed by atoms with Gasteiger partial charge in [-0.1, -0.05) is 36.7 Å². The number of aliphatic hydroxyl groups is 1. The third-order valence-corrected chi connectivity index (χ3v) is 5.39. The van der Waals surface area contributed by atoms with Crippen LogP contribution in [0.25, 0.3) is 16.3 Å². The molecular weight excluding hydrogens is 296 g/mol. The zero-order chi connectivity index (χ0) is 14.9. The van der Waals surface area contributed by atoms with E-state index < -0.39 is 0 Å². The van der Waals surface area contributed by atoms with Crippen molar-refractivity contribution in [1.82, 2.24) is 19.6 Å². The van der Waals surface area contributed by atoms with Gasteiger partial charge in [-0.25, -0.2) is 9.50 Å². The molecule has 1 aliphatic carbocycles. The first-order valence-electron chi connectivity index (χ1n) is 7.77. The summed E-state index contributed by atoms with van der Waals surface area (Å²) in [6, 6.07) is 5.71. The molecule has 1 fully saturated rings. The molecule has 0 spiro atoms. The van der Waals surface area contributed by atoms with E-state index in [4.69, 9.17) is 5.10 Å². The van der Waals surface area contributed by atoms with Gasteiger partial charge in [-0.2, -0.15) is 5.10 Å². The van der Waals surface area contributed by atoms with Crippen molar-refractivity contribution in [2.24, 2.45) is 0 Å². The van der Waals surface area contributed by atoms with Gasteiger partial charge in [0.15, 0.2) is 0 Å². The minimum absolute atomic E-state index is 0.0824. The molecule has 3 heterocycles. The molecule has 0 aliphatic heterocycles. The summed E-state index contributed by atoms with van der Waals surface area (Å²) in [6.07, 6.45) is 8.10. The monoisotopic (exact) mass is 314 g/mol. The number of pyridine rings is 1. The van der Waals surface area contributed by atoms with Crippen LogP contribution >= 0.6 is 11.3 Å². The smallest absolute Gasteiger partial charge is 0.213 e. The average Bonchev–Trinajstić information content (AvgIpc) is 3.14. The second-order valence-corrected chi connectivity index (χ2v) is 6.74. The van der Waals surface area contributed by atoms with E-state index in [1.54, 1.807) is 22.0 Å². The number of aliphatic hydroxyl groups excluding tert-OH is 1. The van der Waals surface area contributed by atoms with E-state index in [-0.39, 0.29) is 6.61 Å². The Morgan fingerprint density at radius 1 is 1.23 bits per heavy atom. The molecule has 0 bridgehead atoms. The fourth-order valence-corrected chi connectivity index (χ4v) is 4.26. The molecule has 114 valence electrons. The lowest BCUT2D eigenvalue weighted by molar-refractivity contribution is 0.274. The van der Waals surface area contributed by atoms with E-state index in [1.807, 2.05) is 18.2 Å². The Morgan fingerprint density at radius 2 is 2.09 bits per heavy atom.